The fourth-order valence-corrected chi connectivity index (χ4v) is 1.85. The van der Waals surface area contributed by atoms with Crippen LogP contribution in [0.15, 0.2) is 28.1 Å². The normalized spacial score (nSPS) is 15.6. The minimum atomic E-state index is -0.141. The van der Waals surface area contributed by atoms with Crippen LogP contribution >= 0.6 is 15.9 Å². The lowest BCUT2D eigenvalue weighted by Crippen LogP contribution is -2.51. The van der Waals surface area contributed by atoms with Gasteiger partial charge in [-0.05, 0) is 15.9 Å². The summed E-state index contributed by atoms with van der Waals surface area (Å²) in [6.07, 6.45) is 3.30. The van der Waals surface area contributed by atoms with Gasteiger partial charge in [-0.15, -0.1) is 6.58 Å². The summed E-state index contributed by atoms with van der Waals surface area (Å²) in [6, 6.07) is 0.382. The zero-order chi connectivity index (χ0) is 11.5. The van der Waals surface area contributed by atoms with Crippen LogP contribution in [-0.2, 0) is 6.54 Å². The molecule has 1 aromatic heterocycles. The van der Waals surface area contributed by atoms with Crippen LogP contribution < -0.4 is 16.2 Å². The van der Waals surface area contributed by atoms with Crippen molar-refractivity contribution in [1.29, 1.82) is 0 Å². The number of allylic oxidation sites excluding steroid dienone is 1. The highest BCUT2D eigenvalue weighted by Gasteiger charge is 2.18. The van der Waals surface area contributed by atoms with Crippen molar-refractivity contribution < 1.29 is 0 Å². The van der Waals surface area contributed by atoms with Crippen LogP contribution in [0.25, 0.3) is 0 Å². The van der Waals surface area contributed by atoms with Crippen molar-refractivity contribution in [2.24, 2.45) is 0 Å². The smallest absolute Gasteiger partial charge is 0.283 e. The van der Waals surface area contributed by atoms with E-state index >= 15 is 0 Å². The Morgan fingerprint density at radius 1 is 1.75 bits per heavy atom. The zero-order valence-electron chi connectivity index (χ0n) is 8.74. The largest absolute Gasteiger partial charge is 0.377 e. The predicted molar refractivity (Wildman–Crippen MR) is 66.7 cm³/mol. The second-order valence-electron chi connectivity index (χ2n) is 3.65. The van der Waals surface area contributed by atoms with Crippen molar-refractivity contribution in [3.8, 4) is 0 Å². The van der Waals surface area contributed by atoms with Gasteiger partial charge in [-0.2, -0.15) is 5.10 Å². The highest BCUT2D eigenvalue weighted by molar-refractivity contribution is 9.10. The number of nitrogens with zero attached hydrogens (tertiary/aromatic N) is 2. The van der Waals surface area contributed by atoms with Crippen molar-refractivity contribution in [2.45, 2.75) is 12.6 Å². The molecule has 0 aliphatic carbocycles. The molecule has 2 N–H and O–H groups in total. The predicted octanol–water partition coefficient (Wildman–Crippen LogP) is 0.576. The number of aromatic nitrogens is 2. The van der Waals surface area contributed by atoms with Crippen LogP contribution in [-0.4, -0.2) is 28.9 Å². The highest BCUT2D eigenvalue weighted by Crippen LogP contribution is 2.17. The van der Waals surface area contributed by atoms with E-state index < -0.39 is 0 Å². The Hall–Kier alpha value is -1.14. The Labute approximate surface area is 102 Å². The van der Waals surface area contributed by atoms with Gasteiger partial charge in [0, 0.05) is 13.1 Å². The van der Waals surface area contributed by atoms with Crippen molar-refractivity contribution in [1.82, 2.24) is 15.1 Å². The third kappa shape index (κ3) is 2.17. The quantitative estimate of drug-likeness (QED) is 0.794. The molecule has 1 saturated heterocycles. The molecule has 2 heterocycles. The summed E-state index contributed by atoms with van der Waals surface area (Å²) in [5, 5.41) is 10.5. The SMILES string of the molecule is C=CCn1ncc(NC2CNC2)c(Br)c1=O. The monoisotopic (exact) mass is 284 g/mol. The van der Waals surface area contributed by atoms with Crippen molar-refractivity contribution in [2.75, 3.05) is 18.4 Å². The molecule has 0 amide bonds. The first kappa shape index (κ1) is 11.3. The minimum Gasteiger partial charge on any atom is -0.377 e. The van der Waals surface area contributed by atoms with Gasteiger partial charge in [0.2, 0.25) is 0 Å². The summed E-state index contributed by atoms with van der Waals surface area (Å²) < 4.78 is 1.89. The van der Waals surface area contributed by atoms with Gasteiger partial charge in [0.1, 0.15) is 4.47 Å². The second kappa shape index (κ2) is 4.80. The molecule has 0 atom stereocenters. The van der Waals surface area contributed by atoms with Crippen LogP contribution in [0.5, 0.6) is 0 Å². The molecule has 1 aliphatic heterocycles. The van der Waals surface area contributed by atoms with Gasteiger partial charge in [0.05, 0.1) is 24.5 Å². The van der Waals surface area contributed by atoms with Gasteiger partial charge in [-0.1, -0.05) is 6.08 Å². The molecule has 1 fully saturated rings. The first-order valence-electron chi connectivity index (χ1n) is 5.06. The second-order valence-corrected chi connectivity index (χ2v) is 4.44. The summed E-state index contributed by atoms with van der Waals surface area (Å²) in [5.74, 6) is 0. The minimum absolute atomic E-state index is 0.141. The van der Waals surface area contributed by atoms with Crippen molar-refractivity contribution in [3.05, 3.63) is 33.7 Å². The van der Waals surface area contributed by atoms with Crippen molar-refractivity contribution >= 4 is 21.6 Å². The molecule has 1 aromatic rings. The number of anilines is 1. The van der Waals surface area contributed by atoms with E-state index in [4.69, 9.17) is 0 Å². The lowest BCUT2D eigenvalue weighted by atomic mass is 10.2. The topological polar surface area (TPSA) is 59.0 Å². The van der Waals surface area contributed by atoms with Crippen LogP contribution in [0.1, 0.15) is 0 Å². The molecular weight excluding hydrogens is 272 g/mol. The summed E-state index contributed by atoms with van der Waals surface area (Å²) >= 11 is 3.29. The molecule has 0 bridgehead atoms. The average molecular weight is 285 g/mol. The zero-order valence-corrected chi connectivity index (χ0v) is 10.3. The molecule has 0 saturated carbocycles. The maximum atomic E-state index is 11.8. The van der Waals surface area contributed by atoms with E-state index in [1.807, 2.05) is 0 Å². The van der Waals surface area contributed by atoms with Gasteiger partial charge >= 0.3 is 0 Å². The molecule has 86 valence electrons. The maximum Gasteiger partial charge on any atom is 0.283 e. The Bertz CT molecular complexity index is 453. The molecule has 5 nitrogen and oxygen atoms in total. The van der Waals surface area contributed by atoms with Gasteiger partial charge in [-0.3, -0.25) is 4.79 Å². The van der Waals surface area contributed by atoms with E-state index in [1.165, 1.54) is 4.68 Å². The Morgan fingerprint density at radius 2 is 2.50 bits per heavy atom. The lowest BCUT2D eigenvalue weighted by molar-refractivity contribution is 0.471. The maximum absolute atomic E-state index is 11.8. The van der Waals surface area contributed by atoms with Gasteiger partial charge in [-0.25, -0.2) is 4.68 Å². The third-order valence-electron chi connectivity index (χ3n) is 2.43. The molecule has 1 aliphatic rings. The van der Waals surface area contributed by atoms with E-state index in [-0.39, 0.29) is 5.56 Å². The molecular formula is C10H13BrN4O. The van der Waals surface area contributed by atoms with E-state index in [0.717, 1.165) is 18.8 Å². The third-order valence-corrected chi connectivity index (χ3v) is 3.19. The fraction of sp³-hybridized carbons (Fsp3) is 0.400. The Balaban J connectivity index is 2.23. The fourth-order valence-electron chi connectivity index (χ4n) is 1.43. The molecule has 16 heavy (non-hydrogen) atoms. The molecule has 0 spiro atoms. The number of rotatable bonds is 4. The van der Waals surface area contributed by atoms with E-state index in [0.29, 0.717) is 17.1 Å². The standard InChI is InChI=1S/C10H13BrN4O/c1-2-3-15-10(16)9(11)8(6-13-15)14-7-4-12-5-7/h2,6-7,12,14H,1,3-5H2. The van der Waals surface area contributed by atoms with Gasteiger partial charge < -0.3 is 10.6 Å². The number of hydrogen-bond donors (Lipinski definition) is 2. The number of nitrogens with one attached hydrogen (secondary N) is 2. The molecule has 0 aromatic carbocycles. The van der Waals surface area contributed by atoms with Crippen LogP contribution in [0.2, 0.25) is 0 Å². The Morgan fingerprint density at radius 3 is 3.06 bits per heavy atom. The Kier molecular flexibility index (Phi) is 3.40. The van der Waals surface area contributed by atoms with Crippen LogP contribution in [0, 0.1) is 0 Å². The van der Waals surface area contributed by atoms with Crippen molar-refractivity contribution in [3.63, 3.8) is 0 Å². The first-order chi connectivity index (χ1) is 7.72. The van der Waals surface area contributed by atoms with E-state index in [1.54, 1.807) is 12.3 Å². The summed E-state index contributed by atoms with van der Waals surface area (Å²) in [7, 11) is 0. The highest BCUT2D eigenvalue weighted by atomic mass is 79.9. The molecule has 6 heteroatoms. The number of halogens is 1. The molecule has 0 unspecified atom stereocenters. The summed E-state index contributed by atoms with van der Waals surface area (Å²) in [6.45, 7) is 5.84. The average Bonchev–Trinajstić information content (AvgIpc) is 2.21. The van der Waals surface area contributed by atoms with Gasteiger partial charge in [0.25, 0.3) is 5.56 Å². The van der Waals surface area contributed by atoms with E-state index in [9.17, 15) is 4.79 Å². The summed E-state index contributed by atoms with van der Waals surface area (Å²) in [5.41, 5.74) is 0.606. The first-order valence-corrected chi connectivity index (χ1v) is 5.85. The molecule has 0 radical (unpaired) electrons. The lowest BCUT2D eigenvalue weighted by Gasteiger charge is -2.29. The summed E-state index contributed by atoms with van der Waals surface area (Å²) in [4.78, 5) is 11.8. The van der Waals surface area contributed by atoms with E-state index in [2.05, 4.69) is 38.2 Å². The van der Waals surface area contributed by atoms with Crippen LogP contribution in [0.4, 0.5) is 5.69 Å². The van der Waals surface area contributed by atoms with Gasteiger partial charge in [0.15, 0.2) is 0 Å². The molecule has 2 rings (SSSR count). The van der Waals surface area contributed by atoms with Crippen LogP contribution in [0.3, 0.4) is 0 Å². The number of hydrogen-bond acceptors (Lipinski definition) is 4.